The number of hydrogen-bond acceptors (Lipinski definition) is 3. The van der Waals surface area contributed by atoms with Crippen molar-refractivity contribution >= 4 is 0 Å². The maximum atomic E-state index is 5.40. The van der Waals surface area contributed by atoms with Gasteiger partial charge in [0.1, 0.15) is 0 Å². The van der Waals surface area contributed by atoms with E-state index in [9.17, 15) is 0 Å². The maximum Gasteiger partial charge on any atom is 0.0710 e. The molecule has 1 aromatic carbocycles. The third-order valence-corrected chi connectivity index (χ3v) is 3.55. The zero-order chi connectivity index (χ0) is 12.1. The molecule has 94 valence electrons. The minimum absolute atomic E-state index is 0.409. The van der Waals surface area contributed by atoms with Gasteiger partial charge < -0.3 is 10.1 Å². The lowest BCUT2D eigenvalue weighted by Crippen LogP contribution is -2.33. The van der Waals surface area contributed by atoms with Crippen LogP contribution in [0.25, 0.3) is 0 Å². The van der Waals surface area contributed by atoms with E-state index >= 15 is 0 Å². The Kier molecular flexibility index (Phi) is 4.54. The second kappa shape index (κ2) is 6.15. The first-order chi connectivity index (χ1) is 8.33. The van der Waals surface area contributed by atoms with E-state index in [2.05, 4.69) is 40.5 Å². The fourth-order valence-electron chi connectivity index (χ4n) is 2.46. The van der Waals surface area contributed by atoms with Crippen LogP contribution < -0.4 is 5.32 Å². The van der Waals surface area contributed by atoms with Crippen molar-refractivity contribution in [2.75, 3.05) is 33.8 Å². The van der Waals surface area contributed by atoms with Crippen molar-refractivity contribution in [1.82, 2.24) is 10.2 Å². The molecule has 1 aromatic rings. The van der Waals surface area contributed by atoms with Gasteiger partial charge in [0, 0.05) is 32.8 Å². The molecule has 1 aliphatic heterocycles. The van der Waals surface area contributed by atoms with Crippen molar-refractivity contribution in [3.05, 3.63) is 35.9 Å². The minimum Gasteiger partial charge on any atom is -0.380 e. The standard InChI is InChI=1S/C14H22N2O/c1-15-14(12-6-4-3-5-7-12)11-16-9-8-13(10-16)17-2/h3-7,13-15H,8-11H2,1-2H3. The Morgan fingerprint density at radius 3 is 2.76 bits per heavy atom. The molecule has 0 saturated carbocycles. The van der Waals surface area contributed by atoms with E-state index in [1.54, 1.807) is 7.11 Å². The minimum atomic E-state index is 0.409. The van der Waals surface area contributed by atoms with Crippen LogP contribution in [0, 0.1) is 0 Å². The second-order valence-electron chi connectivity index (χ2n) is 4.66. The molecule has 0 bridgehead atoms. The van der Waals surface area contributed by atoms with Crippen LogP contribution in [0.1, 0.15) is 18.0 Å². The van der Waals surface area contributed by atoms with Crippen LogP contribution in [-0.2, 0) is 4.74 Å². The molecule has 3 heteroatoms. The Morgan fingerprint density at radius 1 is 1.41 bits per heavy atom. The van der Waals surface area contributed by atoms with Crippen LogP contribution in [0.2, 0.25) is 0 Å². The van der Waals surface area contributed by atoms with Crippen LogP contribution in [0.3, 0.4) is 0 Å². The fourth-order valence-corrected chi connectivity index (χ4v) is 2.46. The molecule has 0 aromatic heterocycles. The van der Waals surface area contributed by atoms with Gasteiger partial charge >= 0.3 is 0 Å². The van der Waals surface area contributed by atoms with E-state index in [1.807, 2.05) is 7.05 Å². The van der Waals surface area contributed by atoms with E-state index < -0.39 is 0 Å². The first kappa shape index (κ1) is 12.6. The fraction of sp³-hybridized carbons (Fsp3) is 0.571. The lowest BCUT2D eigenvalue weighted by atomic mass is 10.1. The molecule has 0 spiro atoms. The quantitative estimate of drug-likeness (QED) is 0.838. The van der Waals surface area contributed by atoms with Gasteiger partial charge in [-0.3, -0.25) is 4.90 Å². The highest BCUT2D eigenvalue weighted by Crippen LogP contribution is 2.18. The number of hydrogen-bond donors (Lipinski definition) is 1. The third-order valence-electron chi connectivity index (χ3n) is 3.55. The zero-order valence-corrected chi connectivity index (χ0v) is 10.7. The van der Waals surface area contributed by atoms with Gasteiger partial charge in [-0.15, -0.1) is 0 Å². The molecule has 2 atom stereocenters. The number of methoxy groups -OCH3 is 1. The van der Waals surface area contributed by atoms with Gasteiger partial charge in [-0.1, -0.05) is 30.3 Å². The maximum absolute atomic E-state index is 5.40. The lowest BCUT2D eigenvalue weighted by Gasteiger charge is -2.23. The van der Waals surface area contributed by atoms with Crippen molar-refractivity contribution < 1.29 is 4.74 Å². The van der Waals surface area contributed by atoms with E-state index in [0.29, 0.717) is 12.1 Å². The van der Waals surface area contributed by atoms with Gasteiger partial charge in [0.05, 0.1) is 6.10 Å². The number of likely N-dealkylation sites (tertiary alicyclic amines) is 1. The van der Waals surface area contributed by atoms with Crippen molar-refractivity contribution in [1.29, 1.82) is 0 Å². The molecule has 1 fully saturated rings. The molecule has 0 amide bonds. The largest absolute Gasteiger partial charge is 0.380 e. The summed E-state index contributed by atoms with van der Waals surface area (Å²) in [5.74, 6) is 0. The molecule has 1 N–H and O–H groups in total. The molecule has 0 radical (unpaired) electrons. The summed E-state index contributed by atoms with van der Waals surface area (Å²) in [5, 5.41) is 3.40. The van der Waals surface area contributed by atoms with E-state index in [1.165, 1.54) is 5.56 Å². The van der Waals surface area contributed by atoms with Gasteiger partial charge in [-0.2, -0.15) is 0 Å². The zero-order valence-electron chi connectivity index (χ0n) is 10.7. The highest BCUT2D eigenvalue weighted by molar-refractivity contribution is 5.19. The van der Waals surface area contributed by atoms with Gasteiger partial charge in [-0.25, -0.2) is 0 Å². The highest BCUT2D eigenvalue weighted by Gasteiger charge is 2.24. The van der Waals surface area contributed by atoms with Gasteiger partial charge in [-0.05, 0) is 19.0 Å². The summed E-state index contributed by atoms with van der Waals surface area (Å²) >= 11 is 0. The van der Waals surface area contributed by atoms with E-state index in [4.69, 9.17) is 4.74 Å². The highest BCUT2D eigenvalue weighted by atomic mass is 16.5. The summed E-state index contributed by atoms with van der Waals surface area (Å²) in [6.45, 7) is 3.26. The number of ether oxygens (including phenoxy) is 1. The summed E-state index contributed by atoms with van der Waals surface area (Å²) in [6, 6.07) is 11.0. The van der Waals surface area contributed by atoms with Crippen molar-refractivity contribution in [3.8, 4) is 0 Å². The lowest BCUT2D eigenvalue weighted by molar-refractivity contribution is 0.107. The Labute approximate surface area is 104 Å². The molecular weight excluding hydrogens is 212 g/mol. The van der Waals surface area contributed by atoms with Gasteiger partial charge in [0.25, 0.3) is 0 Å². The topological polar surface area (TPSA) is 24.5 Å². The molecule has 2 unspecified atom stereocenters. The summed E-state index contributed by atoms with van der Waals surface area (Å²) in [4.78, 5) is 2.47. The predicted octanol–water partition coefficient (Wildman–Crippen LogP) is 1.67. The summed E-state index contributed by atoms with van der Waals surface area (Å²) in [6.07, 6.45) is 1.57. The van der Waals surface area contributed by atoms with E-state index in [-0.39, 0.29) is 0 Å². The van der Waals surface area contributed by atoms with Crippen LogP contribution in [0.15, 0.2) is 30.3 Å². The summed E-state index contributed by atoms with van der Waals surface area (Å²) < 4.78 is 5.40. The number of nitrogens with one attached hydrogen (secondary N) is 1. The molecule has 2 rings (SSSR count). The number of benzene rings is 1. The smallest absolute Gasteiger partial charge is 0.0710 e. The molecule has 3 nitrogen and oxygen atoms in total. The first-order valence-corrected chi connectivity index (χ1v) is 6.31. The number of likely N-dealkylation sites (N-methyl/N-ethyl adjacent to an activating group) is 1. The van der Waals surface area contributed by atoms with Crippen LogP contribution >= 0.6 is 0 Å². The molecule has 1 aliphatic rings. The Bertz CT molecular complexity index is 328. The SMILES string of the molecule is CNC(CN1CCC(OC)C1)c1ccccc1. The average molecular weight is 234 g/mol. The van der Waals surface area contributed by atoms with Crippen molar-refractivity contribution in [2.24, 2.45) is 0 Å². The average Bonchev–Trinajstić information content (AvgIpc) is 2.84. The van der Waals surface area contributed by atoms with E-state index in [0.717, 1.165) is 26.1 Å². The summed E-state index contributed by atoms with van der Waals surface area (Å²) in [7, 11) is 3.84. The summed E-state index contributed by atoms with van der Waals surface area (Å²) in [5.41, 5.74) is 1.36. The normalized spacial score (nSPS) is 22.8. The Morgan fingerprint density at radius 2 is 2.18 bits per heavy atom. The van der Waals surface area contributed by atoms with Crippen LogP contribution in [-0.4, -0.2) is 44.8 Å². The Hall–Kier alpha value is -0.900. The van der Waals surface area contributed by atoms with Crippen LogP contribution in [0.4, 0.5) is 0 Å². The molecule has 0 aliphatic carbocycles. The second-order valence-corrected chi connectivity index (χ2v) is 4.66. The number of nitrogens with zero attached hydrogens (tertiary/aromatic N) is 1. The van der Waals surface area contributed by atoms with Crippen molar-refractivity contribution in [2.45, 2.75) is 18.6 Å². The molecular formula is C14H22N2O. The third kappa shape index (κ3) is 3.28. The van der Waals surface area contributed by atoms with Gasteiger partial charge in [0.15, 0.2) is 0 Å². The monoisotopic (exact) mass is 234 g/mol. The van der Waals surface area contributed by atoms with Gasteiger partial charge in [0.2, 0.25) is 0 Å². The first-order valence-electron chi connectivity index (χ1n) is 6.31. The molecule has 1 heterocycles. The van der Waals surface area contributed by atoms with Crippen molar-refractivity contribution in [3.63, 3.8) is 0 Å². The molecule has 17 heavy (non-hydrogen) atoms. The van der Waals surface area contributed by atoms with Crippen LogP contribution in [0.5, 0.6) is 0 Å². The Balaban J connectivity index is 1.92. The predicted molar refractivity (Wildman–Crippen MR) is 70.1 cm³/mol. The molecule has 1 saturated heterocycles. The number of rotatable bonds is 5.